The van der Waals surface area contributed by atoms with Crippen molar-refractivity contribution in [2.24, 2.45) is 0 Å². The van der Waals surface area contributed by atoms with Crippen LogP contribution in [-0.2, 0) is 11.3 Å². The Bertz CT molecular complexity index is 831. The standard InChI is InChI=1S/C17H13ClN2O3/c1-11-4-5-14(15(18)7-11)16-8-13(23-20-16)10-22-17(21)12-3-2-6-19-9-12/h2-9H,10H2,1H3. The third kappa shape index (κ3) is 3.57. The molecule has 0 aliphatic heterocycles. The minimum Gasteiger partial charge on any atom is -0.454 e. The molecule has 0 saturated heterocycles. The number of carbonyl (C=O) groups is 1. The molecule has 5 nitrogen and oxygen atoms in total. The summed E-state index contributed by atoms with van der Waals surface area (Å²) >= 11 is 6.21. The summed E-state index contributed by atoms with van der Waals surface area (Å²) in [6.07, 6.45) is 3.03. The smallest absolute Gasteiger partial charge is 0.340 e. The molecule has 0 amide bonds. The highest BCUT2D eigenvalue weighted by atomic mass is 35.5. The van der Waals surface area contributed by atoms with Crippen LogP contribution in [0, 0.1) is 6.92 Å². The summed E-state index contributed by atoms with van der Waals surface area (Å²) in [6.45, 7) is 1.95. The Hall–Kier alpha value is -2.66. The molecule has 2 aromatic heterocycles. The van der Waals surface area contributed by atoms with Gasteiger partial charge in [-0.05, 0) is 30.7 Å². The van der Waals surface area contributed by atoms with Crippen LogP contribution in [0.1, 0.15) is 21.7 Å². The zero-order valence-corrected chi connectivity index (χ0v) is 13.1. The molecule has 0 fully saturated rings. The van der Waals surface area contributed by atoms with Gasteiger partial charge in [0.25, 0.3) is 0 Å². The molecule has 0 radical (unpaired) electrons. The van der Waals surface area contributed by atoms with Crippen LogP contribution in [0.3, 0.4) is 0 Å². The van der Waals surface area contributed by atoms with E-state index in [4.69, 9.17) is 20.9 Å². The first-order valence-corrected chi connectivity index (χ1v) is 7.30. The van der Waals surface area contributed by atoms with Gasteiger partial charge in [-0.25, -0.2) is 4.79 Å². The van der Waals surface area contributed by atoms with Crippen LogP contribution in [0.2, 0.25) is 5.02 Å². The Balaban J connectivity index is 1.69. The van der Waals surface area contributed by atoms with E-state index in [9.17, 15) is 4.79 Å². The number of esters is 1. The molecule has 0 bridgehead atoms. The number of pyridine rings is 1. The van der Waals surface area contributed by atoms with Gasteiger partial charge in [0.05, 0.1) is 10.6 Å². The van der Waals surface area contributed by atoms with E-state index < -0.39 is 5.97 Å². The number of rotatable bonds is 4. The first-order chi connectivity index (χ1) is 11.1. The van der Waals surface area contributed by atoms with Gasteiger partial charge in [0.2, 0.25) is 0 Å². The van der Waals surface area contributed by atoms with Gasteiger partial charge in [0.15, 0.2) is 12.4 Å². The maximum absolute atomic E-state index is 11.8. The SMILES string of the molecule is Cc1ccc(-c2cc(COC(=O)c3cccnc3)on2)c(Cl)c1. The summed E-state index contributed by atoms with van der Waals surface area (Å²) < 4.78 is 10.4. The molecule has 0 atom stereocenters. The highest BCUT2D eigenvalue weighted by Crippen LogP contribution is 2.28. The van der Waals surface area contributed by atoms with Crippen molar-refractivity contribution in [3.63, 3.8) is 0 Å². The van der Waals surface area contributed by atoms with E-state index in [1.165, 1.54) is 6.20 Å². The number of aryl methyl sites for hydroxylation is 1. The molecule has 0 saturated carbocycles. The van der Waals surface area contributed by atoms with E-state index in [0.717, 1.165) is 11.1 Å². The fourth-order valence-corrected chi connectivity index (χ4v) is 2.37. The molecule has 0 unspecified atom stereocenters. The molecular formula is C17H13ClN2O3. The van der Waals surface area contributed by atoms with E-state index in [-0.39, 0.29) is 6.61 Å². The Labute approximate surface area is 137 Å². The lowest BCUT2D eigenvalue weighted by Crippen LogP contribution is -2.04. The molecule has 116 valence electrons. The normalized spacial score (nSPS) is 10.5. The summed E-state index contributed by atoms with van der Waals surface area (Å²) in [5, 5.41) is 4.56. The molecule has 23 heavy (non-hydrogen) atoms. The Morgan fingerprint density at radius 2 is 2.17 bits per heavy atom. The van der Waals surface area contributed by atoms with Crippen molar-refractivity contribution in [3.8, 4) is 11.3 Å². The van der Waals surface area contributed by atoms with Gasteiger partial charge in [-0.2, -0.15) is 0 Å². The number of halogens is 1. The molecular weight excluding hydrogens is 316 g/mol. The molecule has 0 aliphatic carbocycles. The van der Waals surface area contributed by atoms with Crippen molar-refractivity contribution in [1.29, 1.82) is 0 Å². The van der Waals surface area contributed by atoms with Crippen LogP contribution in [0.15, 0.2) is 53.3 Å². The van der Waals surface area contributed by atoms with E-state index in [1.54, 1.807) is 24.4 Å². The van der Waals surface area contributed by atoms with Gasteiger partial charge in [-0.15, -0.1) is 0 Å². The van der Waals surface area contributed by atoms with Crippen molar-refractivity contribution in [2.75, 3.05) is 0 Å². The van der Waals surface area contributed by atoms with Gasteiger partial charge < -0.3 is 9.26 Å². The second-order valence-electron chi connectivity index (χ2n) is 4.98. The van der Waals surface area contributed by atoms with E-state index >= 15 is 0 Å². The maximum atomic E-state index is 11.8. The number of aromatic nitrogens is 2. The van der Waals surface area contributed by atoms with E-state index in [0.29, 0.717) is 22.0 Å². The molecule has 2 heterocycles. The third-order valence-corrected chi connectivity index (χ3v) is 3.51. The Morgan fingerprint density at radius 1 is 1.30 bits per heavy atom. The topological polar surface area (TPSA) is 65.2 Å². The molecule has 3 aromatic rings. The van der Waals surface area contributed by atoms with Crippen LogP contribution in [0.5, 0.6) is 0 Å². The number of hydrogen-bond acceptors (Lipinski definition) is 5. The maximum Gasteiger partial charge on any atom is 0.340 e. The second-order valence-corrected chi connectivity index (χ2v) is 5.39. The van der Waals surface area contributed by atoms with E-state index in [1.807, 2.05) is 25.1 Å². The number of nitrogens with zero attached hydrogens (tertiary/aromatic N) is 2. The van der Waals surface area contributed by atoms with Crippen molar-refractivity contribution >= 4 is 17.6 Å². The predicted molar refractivity (Wildman–Crippen MR) is 85.0 cm³/mol. The molecule has 0 N–H and O–H groups in total. The second kappa shape index (κ2) is 6.62. The Morgan fingerprint density at radius 3 is 2.91 bits per heavy atom. The van der Waals surface area contributed by atoms with Gasteiger partial charge >= 0.3 is 5.97 Å². The Kier molecular flexibility index (Phi) is 4.39. The first-order valence-electron chi connectivity index (χ1n) is 6.93. The fourth-order valence-electron chi connectivity index (χ4n) is 2.04. The van der Waals surface area contributed by atoms with Gasteiger partial charge in [0, 0.05) is 24.0 Å². The largest absolute Gasteiger partial charge is 0.454 e. The monoisotopic (exact) mass is 328 g/mol. The third-order valence-electron chi connectivity index (χ3n) is 3.20. The minimum atomic E-state index is -0.468. The molecule has 3 rings (SSSR count). The molecule has 0 aliphatic rings. The summed E-state index contributed by atoms with van der Waals surface area (Å²) in [5.41, 5.74) is 2.81. The lowest BCUT2D eigenvalue weighted by atomic mass is 10.1. The van der Waals surface area contributed by atoms with Crippen LogP contribution in [0.25, 0.3) is 11.3 Å². The quantitative estimate of drug-likeness (QED) is 0.676. The fraction of sp³-hybridized carbons (Fsp3) is 0.118. The first kappa shape index (κ1) is 15.2. The van der Waals surface area contributed by atoms with Crippen LogP contribution in [-0.4, -0.2) is 16.1 Å². The number of hydrogen-bond donors (Lipinski definition) is 0. The van der Waals surface area contributed by atoms with Crippen molar-refractivity contribution in [3.05, 3.63) is 70.7 Å². The summed E-state index contributed by atoms with van der Waals surface area (Å²) in [4.78, 5) is 15.7. The van der Waals surface area contributed by atoms with Gasteiger partial charge in [0.1, 0.15) is 5.69 Å². The minimum absolute atomic E-state index is 0.00971. The molecule has 6 heteroatoms. The van der Waals surface area contributed by atoms with Crippen molar-refractivity contribution < 1.29 is 14.1 Å². The van der Waals surface area contributed by atoms with E-state index in [2.05, 4.69) is 10.1 Å². The zero-order valence-electron chi connectivity index (χ0n) is 12.3. The van der Waals surface area contributed by atoms with Gasteiger partial charge in [-0.1, -0.05) is 28.9 Å². The average molecular weight is 329 g/mol. The van der Waals surface area contributed by atoms with Crippen molar-refractivity contribution in [2.45, 2.75) is 13.5 Å². The summed E-state index contributed by atoms with van der Waals surface area (Å²) in [5.74, 6) is -0.0294. The van der Waals surface area contributed by atoms with Crippen LogP contribution < -0.4 is 0 Å². The summed E-state index contributed by atoms with van der Waals surface area (Å²) in [7, 11) is 0. The molecule has 0 spiro atoms. The van der Waals surface area contributed by atoms with Crippen molar-refractivity contribution in [1.82, 2.24) is 10.1 Å². The lowest BCUT2D eigenvalue weighted by Gasteiger charge is -2.01. The average Bonchev–Trinajstić information content (AvgIpc) is 3.02. The highest BCUT2D eigenvalue weighted by Gasteiger charge is 2.13. The predicted octanol–water partition coefficient (Wildman–Crippen LogP) is 4.06. The van der Waals surface area contributed by atoms with Crippen LogP contribution >= 0.6 is 11.6 Å². The zero-order chi connectivity index (χ0) is 16.2. The number of benzene rings is 1. The number of ether oxygens (including phenoxy) is 1. The summed E-state index contributed by atoms with van der Waals surface area (Å²) in [6, 6.07) is 10.7. The van der Waals surface area contributed by atoms with Crippen LogP contribution in [0.4, 0.5) is 0 Å². The number of carbonyl (C=O) groups excluding carboxylic acids is 1. The van der Waals surface area contributed by atoms with Gasteiger partial charge in [-0.3, -0.25) is 4.98 Å². The lowest BCUT2D eigenvalue weighted by molar-refractivity contribution is 0.0437. The highest BCUT2D eigenvalue weighted by molar-refractivity contribution is 6.33. The molecule has 1 aromatic carbocycles.